The largest absolute Gasteiger partial charge is 0.454 e. The van der Waals surface area contributed by atoms with Crippen LogP contribution in [0.15, 0.2) is 102 Å². The predicted octanol–water partition coefficient (Wildman–Crippen LogP) is 6.89. The van der Waals surface area contributed by atoms with Crippen molar-refractivity contribution in [3.8, 4) is 28.5 Å². The maximum absolute atomic E-state index is 14.3. The molecule has 39 heavy (non-hydrogen) atoms. The van der Waals surface area contributed by atoms with E-state index < -0.39 is 8.07 Å². The lowest BCUT2D eigenvalue weighted by atomic mass is 9.96. The van der Waals surface area contributed by atoms with Gasteiger partial charge in [-0.05, 0) is 30.2 Å². The molecule has 4 aromatic carbocycles. The summed E-state index contributed by atoms with van der Waals surface area (Å²) in [4.78, 5) is 0. The summed E-state index contributed by atoms with van der Waals surface area (Å²) in [6.07, 6.45) is 1.71. The summed E-state index contributed by atoms with van der Waals surface area (Å²) in [6.45, 7) is 6.72. The van der Waals surface area contributed by atoms with Crippen LogP contribution in [-0.4, -0.2) is 8.07 Å². The molecular formula is C34H28FN2OSi+. The van der Waals surface area contributed by atoms with E-state index in [0.717, 1.165) is 38.7 Å². The van der Waals surface area contributed by atoms with Crippen molar-refractivity contribution in [3.63, 3.8) is 0 Å². The zero-order valence-electron chi connectivity index (χ0n) is 22.4. The number of nitriles is 1. The molecule has 0 N–H and O–H groups in total. The molecule has 2 aromatic heterocycles. The molecule has 0 aliphatic carbocycles. The van der Waals surface area contributed by atoms with Gasteiger partial charge >= 0.3 is 0 Å². The van der Waals surface area contributed by atoms with Crippen molar-refractivity contribution in [1.29, 1.82) is 5.26 Å². The first kappa shape index (κ1) is 24.8. The molecule has 0 saturated heterocycles. The third-order valence-electron chi connectivity index (χ3n) is 7.90. The van der Waals surface area contributed by atoms with E-state index in [-0.39, 0.29) is 5.82 Å². The zero-order valence-corrected chi connectivity index (χ0v) is 23.4. The lowest BCUT2D eigenvalue weighted by Crippen LogP contribution is -2.52. The van der Waals surface area contributed by atoms with E-state index in [9.17, 15) is 9.65 Å². The van der Waals surface area contributed by atoms with Crippen molar-refractivity contribution >= 4 is 40.4 Å². The Morgan fingerprint density at radius 2 is 1.44 bits per heavy atom. The van der Waals surface area contributed by atoms with Gasteiger partial charge in [0.15, 0.2) is 6.20 Å². The Kier molecular flexibility index (Phi) is 5.93. The minimum atomic E-state index is -1.86. The Morgan fingerprint density at radius 1 is 0.795 bits per heavy atom. The number of hydrogen-bond donors (Lipinski definition) is 0. The van der Waals surface area contributed by atoms with Crippen molar-refractivity contribution < 1.29 is 13.4 Å². The zero-order chi connectivity index (χ0) is 27.3. The molecule has 0 radical (unpaired) electrons. The van der Waals surface area contributed by atoms with E-state index in [1.165, 1.54) is 22.5 Å². The number of pyridine rings is 1. The molecule has 2 heterocycles. The van der Waals surface area contributed by atoms with Gasteiger partial charge in [-0.3, -0.25) is 0 Å². The molecule has 0 fully saturated rings. The monoisotopic (exact) mass is 527 g/mol. The van der Waals surface area contributed by atoms with E-state index in [2.05, 4.69) is 73.8 Å². The van der Waals surface area contributed by atoms with Crippen molar-refractivity contribution in [2.45, 2.75) is 20.0 Å². The van der Waals surface area contributed by atoms with Gasteiger partial charge in [-0.1, -0.05) is 90.2 Å². The Balaban J connectivity index is 1.57. The highest BCUT2D eigenvalue weighted by atomic mass is 28.3. The molecule has 0 saturated carbocycles. The molecule has 0 spiro atoms. The minimum absolute atomic E-state index is 0.301. The van der Waals surface area contributed by atoms with Gasteiger partial charge in [0.1, 0.15) is 32.1 Å². The molecule has 0 aliphatic heterocycles. The van der Waals surface area contributed by atoms with E-state index >= 15 is 0 Å². The molecule has 5 heteroatoms. The Bertz CT molecular complexity index is 1920. The van der Waals surface area contributed by atoms with Crippen LogP contribution < -0.4 is 14.9 Å². The summed E-state index contributed by atoms with van der Waals surface area (Å²) in [6, 6.07) is 32.5. The van der Waals surface area contributed by atoms with Crippen LogP contribution in [0.4, 0.5) is 4.39 Å². The Morgan fingerprint density at radius 3 is 2.13 bits per heavy atom. The highest BCUT2D eigenvalue weighted by Crippen LogP contribution is 2.41. The van der Waals surface area contributed by atoms with Crippen molar-refractivity contribution in [2.75, 3.05) is 0 Å². The Hall–Kier alpha value is -4.53. The lowest BCUT2D eigenvalue weighted by molar-refractivity contribution is -0.660. The second-order valence-corrected chi connectivity index (χ2v) is 15.0. The van der Waals surface area contributed by atoms with Crippen LogP contribution in [0.25, 0.3) is 44.3 Å². The summed E-state index contributed by atoms with van der Waals surface area (Å²) < 4.78 is 22.8. The third-order valence-corrected chi connectivity index (χ3v) is 11.5. The molecule has 6 rings (SSSR count). The van der Waals surface area contributed by atoms with Gasteiger partial charge in [-0.15, -0.1) is 0 Å². The number of nitrogens with zero attached hydrogens (tertiary/aromatic N) is 2. The Labute approximate surface area is 228 Å². The summed E-state index contributed by atoms with van der Waals surface area (Å²) in [5.74, 6) is -0.301. The molecule has 0 amide bonds. The molecule has 6 aromatic rings. The van der Waals surface area contributed by atoms with Crippen LogP contribution >= 0.6 is 0 Å². The first-order valence-corrected chi connectivity index (χ1v) is 16.0. The summed E-state index contributed by atoms with van der Waals surface area (Å²) in [5.41, 5.74) is 6.21. The van der Waals surface area contributed by atoms with Crippen LogP contribution in [0.5, 0.6) is 0 Å². The van der Waals surface area contributed by atoms with Crippen LogP contribution in [0.1, 0.15) is 11.1 Å². The molecule has 0 bridgehead atoms. The van der Waals surface area contributed by atoms with E-state index in [1.54, 1.807) is 6.20 Å². The maximum atomic E-state index is 14.3. The van der Waals surface area contributed by atoms with E-state index in [1.807, 2.05) is 42.8 Å². The van der Waals surface area contributed by atoms with Gasteiger partial charge in [-0.2, -0.15) is 5.26 Å². The number of rotatable bonds is 4. The highest BCUT2D eigenvalue weighted by Gasteiger charge is 2.27. The van der Waals surface area contributed by atoms with E-state index in [4.69, 9.17) is 4.42 Å². The molecule has 0 atom stereocenters. The predicted molar refractivity (Wildman–Crippen MR) is 158 cm³/mol. The van der Waals surface area contributed by atoms with Crippen LogP contribution in [0.2, 0.25) is 13.1 Å². The van der Waals surface area contributed by atoms with Gasteiger partial charge in [0, 0.05) is 28.5 Å². The van der Waals surface area contributed by atoms with Gasteiger partial charge in [0.2, 0.25) is 5.69 Å². The van der Waals surface area contributed by atoms with Crippen LogP contribution in [-0.2, 0) is 7.05 Å². The first-order chi connectivity index (χ1) is 18.8. The highest BCUT2D eigenvalue weighted by molar-refractivity contribution is 7.00. The number of aromatic nitrogens is 1. The fraction of sp³-hybridized carbons (Fsp3) is 0.118. The summed E-state index contributed by atoms with van der Waals surface area (Å²) >= 11 is 0. The normalized spacial score (nSPS) is 11.7. The smallest absolute Gasteiger partial charge is 0.219 e. The standard InChI is InChI=1S/C34H28FN2OSi/c1-22-10-16-28-29-17-13-24(21-36)32(34(29)38-33(28)31(22)30-20-25(35)18-19-37(30)2)23-11-14-27(15-12-23)39(3,4)26-8-6-5-7-9-26/h5-20H,1-4H3/q+1. The molecule has 190 valence electrons. The molecule has 0 aliphatic rings. The minimum Gasteiger partial charge on any atom is -0.454 e. The second kappa shape index (κ2) is 9.34. The summed E-state index contributed by atoms with van der Waals surface area (Å²) in [5, 5.41) is 14.6. The topological polar surface area (TPSA) is 40.8 Å². The number of halogens is 1. The third kappa shape index (κ3) is 4.05. The number of aryl methyl sites for hydroxylation is 2. The van der Waals surface area contributed by atoms with Crippen LogP contribution in [0, 0.1) is 24.1 Å². The van der Waals surface area contributed by atoms with Gasteiger partial charge in [0.25, 0.3) is 0 Å². The average molecular weight is 528 g/mol. The van der Waals surface area contributed by atoms with E-state index in [0.29, 0.717) is 16.7 Å². The second-order valence-electron chi connectivity index (χ2n) is 10.6. The number of hydrogen-bond acceptors (Lipinski definition) is 2. The van der Waals surface area contributed by atoms with Gasteiger partial charge < -0.3 is 4.42 Å². The number of benzene rings is 4. The lowest BCUT2D eigenvalue weighted by Gasteiger charge is -2.24. The quantitative estimate of drug-likeness (QED) is 0.185. The van der Waals surface area contributed by atoms with Gasteiger partial charge in [-0.25, -0.2) is 8.96 Å². The van der Waals surface area contributed by atoms with Crippen LogP contribution in [0.3, 0.4) is 0 Å². The van der Waals surface area contributed by atoms with Gasteiger partial charge in [0.05, 0.1) is 17.2 Å². The molecule has 0 unspecified atom stereocenters. The van der Waals surface area contributed by atoms with Crippen molar-refractivity contribution in [1.82, 2.24) is 0 Å². The SMILES string of the molecule is Cc1ccc2c(oc3c(-c4ccc([Si](C)(C)c5ccccc5)cc4)c(C#N)ccc32)c1-c1cc(F)cc[n+]1C. The maximum Gasteiger partial charge on any atom is 0.219 e. The number of furan rings is 1. The summed E-state index contributed by atoms with van der Waals surface area (Å²) in [7, 11) is 0.0354. The fourth-order valence-corrected chi connectivity index (χ4v) is 7.93. The average Bonchev–Trinajstić information content (AvgIpc) is 3.33. The van der Waals surface area contributed by atoms with Crippen molar-refractivity contribution in [3.05, 3.63) is 114 Å². The fourth-order valence-electron chi connectivity index (χ4n) is 5.57. The first-order valence-electron chi connectivity index (χ1n) is 13.0. The van der Waals surface area contributed by atoms with Crippen molar-refractivity contribution in [2.24, 2.45) is 7.05 Å². The molecule has 3 nitrogen and oxygen atoms in total. The molecular weight excluding hydrogens is 499 g/mol. The number of fused-ring (bicyclic) bond motifs is 3.